The van der Waals surface area contributed by atoms with E-state index in [9.17, 15) is 23.3 Å². The fourth-order valence-electron chi connectivity index (χ4n) is 3.09. The lowest BCUT2D eigenvalue weighted by Crippen LogP contribution is -2.49. The minimum atomic E-state index is -3.88. The van der Waals surface area contributed by atoms with Gasteiger partial charge in [0, 0.05) is 18.7 Å². The zero-order valence-corrected chi connectivity index (χ0v) is 17.7. The van der Waals surface area contributed by atoms with Gasteiger partial charge in [-0.15, -0.1) is 0 Å². The smallest absolute Gasteiger partial charge is 0.271 e. The van der Waals surface area contributed by atoms with Crippen molar-refractivity contribution in [3.05, 3.63) is 69.3 Å². The number of carbonyl (C=O) groups excluding carboxylic acids is 1. The lowest BCUT2D eigenvalue weighted by atomic mass is 10.1. The molecule has 9 heteroatoms. The molecule has 0 aliphatic heterocycles. The highest BCUT2D eigenvalue weighted by molar-refractivity contribution is 7.92. The summed E-state index contributed by atoms with van der Waals surface area (Å²) in [6, 6.07) is 10.5. The normalized spacial score (nSPS) is 12.3. The first kappa shape index (κ1) is 22.4. The van der Waals surface area contributed by atoms with E-state index in [1.807, 2.05) is 31.2 Å². The van der Waals surface area contributed by atoms with Crippen LogP contribution in [0, 0.1) is 24.0 Å². The number of non-ortho nitro benzene ring substituents is 1. The van der Waals surface area contributed by atoms with Gasteiger partial charge in [0.2, 0.25) is 15.9 Å². The highest BCUT2D eigenvalue weighted by atomic mass is 32.2. The largest absolute Gasteiger partial charge is 0.350 e. The van der Waals surface area contributed by atoms with Gasteiger partial charge < -0.3 is 5.32 Å². The molecular formula is C20H25N3O5S. The molecule has 0 unspecified atom stereocenters. The Morgan fingerprint density at radius 2 is 1.83 bits per heavy atom. The number of rotatable bonds is 8. The average Bonchev–Trinajstić information content (AvgIpc) is 2.64. The lowest BCUT2D eigenvalue weighted by molar-refractivity contribution is -0.384. The molecule has 1 amide bonds. The molecule has 156 valence electrons. The van der Waals surface area contributed by atoms with E-state index in [2.05, 4.69) is 5.32 Å². The van der Waals surface area contributed by atoms with E-state index in [4.69, 9.17) is 0 Å². The molecule has 0 aliphatic rings. The first-order valence-corrected chi connectivity index (χ1v) is 11.0. The molecule has 0 aliphatic carbocycles. The van der Waals surface area contributed by atoms with Crippen molar-refractivity contribution < 1.29 is 18.1 Å². The van der Waals surface area contributed by atoms with Gasteiger partial charge in [-0.25, -0.2) is 8.42 Å². The number of nitro benzene ring substituents is 1. The molecule has 29 heavy (non-hydrogen) atoms. The molecule has 0 saturated heterocycles. The number of amides is 1. The minimum Gasteiger partial charge on any atom is -0.350 e. The minimum absolute atomic E-state index is 0.125. The number of nitrogens with zero attached hydrogens (tertiary/aromatic N) is 2. The third-order valence-corrected chi connectivity index (χ3v) is 5.85. The number of benzene rings is 2. The Morgan fingerprint density at radius 1 is 1.17 bits per heavy atom. The van der Waals surface area contributed by atoms with E-state index in [-0.39, 0.29) is 24.3 Å². The van der Waals surface area contributed by atoms with Gasteiger partial charge in [-0.1, -0.05) is 37.3 Å². The summed E-state index contributed by atoms with van der Waals surface area (Å²) < 4.78 is 26.1. The van der Waals surface area contributed by atoms with Crippen LogP contribution in [-0.4, -0.2) is 31.5 Å². The Bertz CT molecular complexity index is 1020. The first-order chi connectivity index (χ1) is 13.6. The predicted octanol–water partition coefficient (Wildman–Crippen LogP) is 3.07. The third kappa shape index (κ3) is 5.32. The van der Waals surface area contributed by atoms with Gasteiger partial charge in [0.15, 0.2) is 0 Å². The zero-order valence-electron chi connectivity index (χ0n) is 16.9. The third-order valence-electron chi connectivity index (χ3n) is 4.69. The molecule has 0 heterocycles. The second kappa shape index (κ2) is 9.04. The van der Waals surface area contributed by atoms with Gasteiger partial charge in [0.05, 0.1) is 16.9 Å². The van der Waals surface area contributed by atoms with Crippen molar-refractivity contribution in [2.75, 3.05) is 10.6 Å². The van der Waals surface area contributed by atoms with Crippen molar-refractivity contribution in [2.24, 2.45) is 0 Å². The Balaban J connectivity index is 2.40. The van der Waals surface area contributed by atoms with Gasteiger partial charge in [0.25, 0.3) is 5.69 Å². The van der Waals surface area contributed by atoms with Crippen LogP contribution in [0.2, 0.25) is 0 Å². The van der Waals surface area contributed by atoms with E-state index >= 15 is 0 Å². The van der Waals surface area contributed by atoms with Crippen molar-refractivity contribution in [3.63, 3.8) is 0 Å². The molecular weight excluding hydrogens is 394 g/mol. The van der Waals surface area contributed by atoms with Gasteiger partial charge in [-0.3, -0.25) is 19.2 Å². The summed E-state index contributed by atoms with van der Waals surface area (Å²) in [4.78, 5) is 23.5. The maximum Gasteiger partial charge on any atom is 0.271 e. The molecule has 2 rings (SSSR count). The summed E-state index contributed by atoms with van der Waals surface area (Å²) in [6.07, 6.45) is 1.19. The van der Waals surface area contributed by atoms with Crippen molar-refractivity contribution in [3.8, 4) is 0 Å². The molecule has 1 atom stereocenters. The fourth-order valence-corrected chi connectivity index (χ4v) is 4.35. The second-order valence-corrected chi connectivity index (χ2v) is 8.71. The molecule has 0 radical (unpaired) electrons. The second-order valence-electron chi connectivity index (χ2n) is 6.86. The number of sulfonamides is 1. The van der Waals surface area contributed by atoms with Crippen LogP contribution in [0.15, 0.2) is 42.5 Å². The number of anilines is 1. The topological polar surface area (TPSA) is 110 Å². The summed E-state index contributed by atoms with van der Waals surface area (Å²) in [7, 11) is -3.88. The summed E-state index contributed by atoms with van der Waals surface area (Å²) in [5.74, 6) is -0.466. The molecule has 2 aromatic carbocycles. The highest BCUT2D eigenvalue weighted by Gasteiger charge is 2.33. The van der Waals surface area contributed by atoms with Crippen molar-refractivity contribution in [1.29, 1.82) is 0 Å². The first-order valence-electron chi connectivity index (χ1n) is 9.13. The summed E-state index contributed by atoms with van der Waals surface area (Å²) in [6.45, 7) is 5.53. The summed E-state index contributed by atoms with van der Waals surface area (Å²) in [5, 5.41) is 14.0. The number of nitrogens with one attached hydrogen (secondary N) is 1. The number of nitro groups is 1. The number of aryl methyl sites for hydroxylation is 2. The SMILES string of the molecule is CC[C@H](C(=O)NCc1ccccc1C)N(c1cc([N+](=O)[O-])ccc1C)S(C)(=O)=O. The zero-order chi connectivity index (χ0) is 21.8. The van der Waals surface area contributed by atoms with Crippen LogP contribution in [0.3, 0.4) is 0 Å². The number of hydrogen-bond acceptors (Lipinski definition) is 5. The summed E-state index contributed by atoms with van der Waals surface area (Å²) in [5.41, 5.74) is 2.34. The van der Waals surface area contributed by atoms with E-state index in [0.717, 1.165) is 21.7 Å². The standard InChI is InChI=1S/C20H25N3O5S/c1-5-18(20(24)21-13-16-9-7-6-8-14(16)2)22(29(4,27)28)19-12-17(23(25)26)11-10-15(19)3/h6-12,18H,5,13H2,1-4H3,(H,21,24)/t18-/m1/s1. The molecule has 0 aromatic heterocycles. The van der Waals surface area contributed by atoms with Crippen LogP contribution in [0.4, 0.5) is 11.4 Å². The summed E-state index contributed by atoms with van der Waals surface area (Å²) >= 11 is 0. The number of carbonyl (C=O) groups is 1. The Hall–Kier alpha value is -2.94. The fraction of sp³-hybridized carbons (Fsp3) is 0.350. The molecule has 2 aromatic rings. The van der Waals surface area contributed by atoms with Crippen LogP contribution in [0.5, 0.6) is 0 Å². The Labute approximate surface area is 170 Å². The van der Waals surface area contributed by atoms with Gasteiger partial charge in [-0.05, 0) is 37.0 Å². The van der Waals surface area contributed by atoms with E-state index < -0.39 is 26.9 Å². The van der Waals surface area contributed by atoms with Gasteiger partial charge in [0.1, 0.15) is 6.04 Å². The Kier molecular flexibility index (Phi) is 6.97. The molecule has 0 fully saturated rings. The molecule has 0 bridgehead atoms. The van der Waals surface area contributed by atoms with Crippen LogP contribution < -0.4 is 9.62 Å². The lowest BCUT2D eigenvalue weighted by Gasteiger charge is -2.31. The van der Waals surface area contributed by atoms with Gasteiger partial charge >= 0.3 is 0 Å². The van der Waals surface area contributed by atoms with Gasteiger partial charge in [-0.2, -0.15) is 0 Å². The van der Waals surface area contributed by atoms with Crippen LogP contribution in [0.1, 0.15) is 30.0 Å². The maximum atomic E-state index is 12.9. The van der Waals surface area contributed by atoms with Crippen LogP contribution in [0.25, 0.3) is 0 Å². The highest BCUT2D eigenvalue weighted by Crippen LogP contribution is 2.30. The monoisotopic (exact) mass is 419 g/mol. The molecule has 0 saturated carbocycles. The van der Waals surface area contributed by atoms with E-state index in [1.165, 1.54) is 18.2 Å². The van der Waals surface area contributed by atoms with E-state index in [0.29, 0.717) is 5.56 Å². The van der Waals surface area contributed by atoms with Crippen molar-refractivity contribution >= 4 is 27.3 Å². The molecule has 0 spiro atoms. The molecule has 8 nitrogen and oxygen atoms in total. The van der Waals surface area contributed by atoms with E-state index in [1.54, 1.807) is 13.8 Å². The quantitative estimate of drug-likeness (QED) is 0.522. The van der Waals surface area contributed by atoms with Crippen molar-refractivity contribution in [1.82, 2.24) is 5.32 Å². The van der Waals surface area contributed by atoms with Crippen LogP contribution in [-0.2, 0) is 21.4 Å². The predicted molar refractivity (Wildman–Crippen MR) is 112 cm³/mol. The number of hydrogen-bond donors (Lipinski definition) is 1. The average molecular weight is 420 g/mol. The maximum absolute atomic E-state index is 12.9. The molecule has 1 N–H and O–H groups in total. The Morgan fingerprint density at radius 3 is 2.38 bits per heavy atom. The van der Waals surface area contributed by atoms with Crippen LogP contribution >= 0.6 is 0 Å². The van der Waals surface area contributed by atoms with Crippen molar-refractivity contribution in [2.45, 2.75) is 39.8 Å².